The molecule has 2 aliphatic rings. The van der Waals surface area contributed by atoms with Gasteiger partial charge in [0.15, 0.2) is 0 Å². The Hall–Kier alpha value is -3.86. The van der Waals surface area contributed by atoms with E-state index in [-0.39, 0.29) is 23.3 Å². The molecule has 0 unspecified atom stereocenters. The number of hydrogen-bond donors (Lipinski definition) is 0. The van der Waals surface area contributed by atoms with Crippen LogP contribution in [-0.4, -0.2) is 68.0 Å². The Morgan fingerprint density at radius 1 is 1.11 bits per heavy atom. The van der Waals surface area contributed by atoms with E-state index in [0.717, 1.165) is 18.4 Å². The lowest BCUT2D eigenvalue weighted by molar-refractivity contribution is -0.389. The van der Waals surface area contributed by atoms with Gasteiger partial charge in [0, 0.05) is 56.0 Å². The topological polar surface area (TPSA) is 107 Å². The Kier molecular flexibility index (Phi) is 6.41. The van der Waals surface area contributed by atoms with Gasteiger partial charge in [0.2, 0.25) is 0 Å². The molecule has 1 fully saturated rings. The maximum atomic E-state index is 14.4. The molecular weight excluding hydrogens is 455 g/mol. The SMILES string of the molecule is O=C(c1cc(-c2ccc(CN3CCOc4nc([N+](=O)[O-])cn4CC3)cn2)ccc1F)N1CCCC1. The highest BCUT2D eigenvalue weighted by atomic mass is 19.1. The molecule has 0 spiro atoms. The van der Waals surface area contributed by atoms with Gasteiger partial charge in [-0.05, 0) is 47.6 Å². The van der Waals surface area contributed by atoms with E-state index in [0.29, 0.717) is 57.1 Å². The Morgan fingerprint density at radius 2 is 1.94 bits per heavy atom. The normalized spacial score (nSPS) is 16.3. The van der Waals surface area contributed by atoms with Gasteiger partial charge >= 0.3 is 11.8 Å². The highest BCUT2D eigenvalue weighted by Gasteiger charge is 2.24. The summed E-state index contributed by atoms with van der Waals surface area (Å²) in [4.78, 5) is 35.5. The van der Waals surface area contributed by atoms with Crippen molar-refractivity contribution >= 4 is 11.7 Å². The Labute approximate surface area is 201 Å². The second-order valence-electron chi connectivity index (χ2n) is 8.70. The van der Waals surface area contributed by atoms with E-state index >= 15 is 0 Å². The number of nitro groups is 1. The first kappa shape index (κ1) is 22.9. The van der Waals surface area contributed by atoms with Crippen LogP contribution in [0, 0.1) is 15.9 Å². The van der Waals surface area contributed by atoms with E-state index in [4.69, 9.17) is 4.74 Å². The zero-order valence-corrected chi connectivity index (χ0v) is 19.1. The second-order valence-corrected chi connectivity index (χ2v) is 8.70. The van der Waals surface area contributed by atoms with Crippen molar-refractivity contribution < 1.29 is 18.8 Å². The quantitative estimate of drug-likeness (QED) is 0.408. The molecule has 5 rings (SSSR count). The summed E-state index contributed by atoms with van der Waals surface area (Å²) in [6.45, 7) is 4.15. The summed E-state index contributed by atoms with van der Waals surface area (Å²) in [6.07, 6.45) is 5.06. The van der Waals surface area contributed by atoms with Crippen LogP contribution in [0.3, 0.4) is 0 Å². The molecule has 0 atom stereocenters. The molecule has 0 aliphatic carbocycles. The van der Waals surface area contributed by atoms with Gasteiger partial charge in [0.1, 0.15) is 18.6 Å². The maximum Gasteiger partial charge on any atom is 0.414 e. The average molecular weight is 481 g/mol. The number of rotatable bonds is 5. The zero-order chi connectivity index (χ0) is 24.4. The molecule has 4 heterocycles. The summed E-state index contributed by atoms with van der Waals surface area (Å²) in [7, 11) is 0. The fraction of sp³-hybridized carbons (Fsp3) is 0.375. The number of likely N-dealkylation sites (tertiary alicyclic amines) is 1. The number of nitrogens with zero attached hydrogens (tertiary/aromatic N) is 6. The van der Waals surface area contributed by atoms with Gasteiger partial charge < -0.3 is 19.8 Å². The average Bonchev–Trinajstić information content (AvgIpc) is 3.52. The molecule has 0 bridgehead atoms. The van der Waals surface area contributed by atoms with Gasteiger partial charge in [-0.1, -0.05) is 6.07 Å². The minimum Gasteiger partial charge on any atom is -0.444 e. The number of amides is 1. The van der Waals surface area contributed by atoms with Crippen molar-refractivity contribution in [1.29, 1.82) is 0 Å². The van der Waals surface area contributed by atoms with Gasteiger partial charge in [-0.3, -0.25) is 19.2 Å². The smallest absolute Gasteiger partial charge is 0.414 e. The molecule has 2 aliphatic heterocycles. The molecule has 1 amide bonds. The van der Waals surface area contributed by atoms with Crippen molar-refractivity contribution in [2.45, 2.75) is 25.9 Å². The predicted octanol–water partition coefficient (Wildman–Crippen LogP) is 3.12. The Morgan fingerprint density at radius 3 is 2.69 bits per heavy atom. The minimum absolute atomic E-state index is 0.0787. The maximum absolute atomic E-state index is 14.4. The molecule has 0 saturated carbocycles. The van der Waals surface area contributed by atoms with Gasteiger partial charge in [-0.2, -0.15) is 0 Å². The van der Waals surface area contributed by atoms with Crippen LogP contribution in [0.15, 0.2) is 42.7 Å². The Balaban J connectivity index is 1.26. The first-order chi connectivity index (χ1) is 17.0. The predicted molar refractivity (Wildman–Crippen MR) is 124 cm³/mol. The number of pyridine rings is 1. The minimum atomic E-state index is -0.529. The van der Waals surface area contributed by atoms with Crippen LogP contribution in [0.4, 0.5) is 10.2 Å². The van der Waals surface area contributed by atoms with E-state index in [9.17, 15) is 19.3 Å². The standard InChI is InChI=1S/C24H25FN6O4/c25-20-5-4-18(13-19(20)23(32)29-7-1-2-8-29)21-6-3-17(14-26-21)15-28-9-10-30-16-22(31(33)34)27-24(30)35-12-11-28/h3-6,13-14,16H,1-2,7-12,15H2. The molecule has 2 aromatic heterocycles. The van der Waals surface area contributed by atoms with Crippen molar-refractivity contribution in [3.05, 3.63) is 69.8 Å². The van der Waals surface area contributed by atoms with Crippen LogP contribution in [0.1, 0.15) is 28.8 Å². The van der Waals surface area contributed by atoms with Crippen LogP contribution >= 0.6 is 0 Å². The zero-order valence-electron chi connectivity index (χ0n) is 19.1. The third-order valence-corrected chi connectivity index (χ3v) is 6.33. The molecule has 1 saturated heterocycles. The van der Waals surface area contributed by atoms with Crippen LogP contribution in [-0.2, 0) is 13.1 Å². The summed E-state index contributed by atoms with van der Waals surface area (Å²) in [6, 6.07) is 8.63. The molecule has 35 heavy (non-hydrogen) atoms. The first-order valence-electron chi connectivity index (χ1n) is 11.6. The number of imidazole rings is 1. The summed E-state index contributed by atoms with van der Waals surface area (Å²) in [5.74, 6) is -1.02. The van der Waals surface area contributed by atoms with Crippen molar-refractivity contribution in [1.82, 2.24) is 24.3 Å². The summed E-state index contributed by atoms with van der Waals surface area (Å²) >= 11 is 0. The molecule has 1 aromatic carbocycles. The number of hydrogen-bond acceptors (Lipinski definition) is 7. The third kappa shape index (κ3) is 4.99. The van der Waals surface area contributed by atoms with E-state index in [1.165, 1.54) is 12.3 Å². The molecule has 0 N–H and O–H groups in total. The van der Waals surface area contributed by atoms with E-state index in [1.54, 1.807) is 27.8 Å². The first-order valence-corrected chi connectivity index (χ1v) is 11.6. The number of halogens is 1. The fourth-order valence-electron chi connectivity index (χ4n) is 4.42. The van der Waals surface area contributed by atoms with Crippen molar-refractivity contribution in [2.75, 3.05) is 32.8 Å². The van der Waals surface area contributed by atoms with Crippen molar-refractivity contribution in [3.8, 4) is 17.3 Å². The lowest BCUT2D eigenvalue weighted by Crippen LogP contribution is -2.33. The lowest BCUT2D eigenvalue weighted by Gasteiger charge is -2.24. The molecule has 10 nitrogen and oxygen atoms in total. The van der Waals surface area contributed by atoms with E-state index in [2.05, 4.69) is 14.9 Å². The summed E-state index contributed by atoms with van der Waals surface area (Å²) in [5, 5.41) is 11.0. The lowest BCUT2D eigenvalue weighted by atomic mass is 10.1. The largest absolute Gasteiger partial charge is 0.444 e. The van der Waals surface area contributed by atoms with Crippen LogP contribution < -0.4 is 4.74 Å². The molecule has 182 valence electrons. The van der Waals surface area contributed by atoms with Gasteiger partial charge in [0.05, 0.1) is 11.3 Å². The third-order valence-electron chi connectivity index (χ3n) is 6.33. The summed E-state index contributed by atoms with van der Waals surface area (Å²) in [5.41, 5.74) is 2.42. The molecule has 0 radical (unpaired) electrons. The van der Waals surface area contributed by atoms with Crippen molar-refractivity contribution in [3.63, 3.8) is 0 Å². The van der Waals surface area contributed by atoms with Crippen LogP contribution in [0.25, 0.3) is 11.3 Å². The van der Waals surface area contributed by atoms with Crippen LogP contribution in [0.2, 0.25) is 0 Å². The van der Waals surface area contributed by atoms with Crippen molar-refractivity contribution in [2.24, 2.45) is 0 Å². The fourth-order valence-corrected chi connectivity index (χ4v) is 4.42. The van der Waals surface area contributed by atoms with Gasteiger partial charge in [0.25, 0.3) is 5.91 Å². The number of carbonyl (C=O) groups excluding carboxylic acids is 1. The number of benzene rings is 1. The number of carbonyl (C=O) groups is 1. The Bertz CT molecular complexity index is 1240. The van der Waals surface area contributed by atoms with E-state index < -0.39 is 10.7 Å². The van der Waals surface area contributed by atoms with Gasteiger partial charge in [-0.15, -0.1) is 0 Å². The number of fused-ring (bicyclic) bond motifs is 1. The number of ether oxygens (including phenoxy) is 1. The monoisotopic (exact) mass is 480 g/mol. The highest BCUT2D eigenvalue weighted by Crippen LogP contribution is 2.24. The van der Waals surface area contributed by atoms with E-state index in [1.807, 2.05) is 12.1 Å². The van der Waals surface area contributed by atoms with Crippen LogP contribution in [0.5, 0.6) is 6.01 Å². The highest BCUT2D eigenvalue weighted by molar-refractivity contribution is 5.95. The molecule has 3 aromatic rings. The molecular formula is C24H25FN6O4. The summed E-state index contributed by atoms with van der Waals surface area (Å²) < 4.78 is 21.7. The molecule has 11 heteroatoms. The number of aromatic nitrogens is 3. The second kappa shape index (κ2) is 9.79. The van der Waals surface area contributed by atoms with Gasteiger partial charge in [-0.25, -0.2) is 4.39 Å².